The predicted molar refractivity (Wildman–Crippen MR) is 110 cm³/mol. The van der Waals surface area contributed by atoms with E-state index in [1.54, 1.807) is 0 Å². The zero-order chi connectivity index (χ0) is 20.1. The second-order valence-corrected chi connectivity index (χ2v) is 9.66. The van der Waals surface area contributed by atoms with Crippen molar-refractivity contribution in [1.29, 1.82) is 0 Å². The molecule has 2 heterocycles. The molecular weight excluding hydrogens is 446 g/mol. The van der Waals surface area contributed by atoms with Gasteiger partial charge < -0.3 is 15.0 Å². The number of morpholine rings is 1. The van der Waals surface area contributed by atoms with Crippen LogP contribution in [0.1, 0.15) is 29.4 Å². The Morgan fingerprint density at radius 1 is 1.29 bits per heavy atom. The quantitative estimate of drug-likeness (QED) is 0.651. The molecule has 1 aliphatic heterocycles. The maximum absolute atomic E-state index is 12.6. The summed E-state index contributed by atoms with van der Waals surface area (Å²) in [4.78, 5) is 15.3. The van der Waals surface area contributed by atoms with Crippen molar-refractivity contribution in [3.8, 4) is 0 Å². The first kappa shape index (κ1) is 21.0. The van der Waals surface area contributed by atoms with Gasteiger partial charge in [-0.15, -0.1) is 0 Å². The summed E-state index contributed by atoms with van der Waals surface area (Å²) < 4.78 is 32.9. The lowest BCUT2D eigenvalue weighted by Crippen LogP contribution is -2.40. The number of hydrogen-bond donors (Lipinski definition) is 2. The van der Waals surface area contributed by atoms with Crippen molar-refractivity contribution in [2.45, 2.75) is 30.7 Å². The Morgan fingerprint density at radius 2 is 1.96 bits per heavy atom. The van der Waals surface area contributed by atoms with E-state index in [-0.39, 0.29) is 22.5 Å². The van der Waals surface area contributed by atoms with Crippen LogP contribution in [-0.2, 0) is 21.2 Å². The van der Waals surface area contributed by atoms with Crippen molar-refractivity contribution in [2.75, 3.05) is 26.3 Å². The Kier molecular flexibility index (Phi) is 6.92. The van der Waals surface area contributed by atoms with Gasteiger partial charge in [-0.05, 0) is 43.5 Å². The van der Waals surface area contributed by atoms with Crippen molar-refractivity contribution < 1.29 is 17.9 Å². The highest BCUT2D eigenvalue weighted by atomic mass is 79.9. The number of halogens is 1. The van der Waals surface area contributed by atoms with Gasteiger partial charge in [0.2, 0.25) is 10.0 Å². The number of carbonyl (C=O) groups excluding carboxylic acids is 1. The van der Waals surface area contributed by atoms with Crippen LogP contribution in [0.3, 0.4) is 0 Å². The number of sulfonamides is 1. The molecule has 7 nitrogen and oxygen atoms in total. The Bertz CT molecular complexity index is 906. The summed E-state index contributed by atoms with van der Waals surface area (Å²) in [6, 6.07) is 9.43. The van der Waals surface area contributed by atoms with E-state index in [9.17, 15) is 13.2 Å². The fourth-order valence-corrected chi connectivity index (χ4v) is 4.67. The standard InChI is InChI=1S/C19H24BrN3O4S/c1-14(2-3-15-4-6-16(20)7-5-15)22-19(24)18-12-17(13-21-18)28(25,26)23-8-10-27-11-9-23/h4-7,12-14,21H,2-3,8-11H2,1H3,(H,22,24). The molecule has 1 aromatic carbocycles. The number of H-pyrrole nitrogens is 1. The third kappa shape index (κ3) is 5.22. The molecule has 1 fully saturated rings. The smallest absolute Gasteiger partial charge is 0.267 e. The number of aromatic amines is 1. The van der Waals surface area contributed by atoms with Crippen LogP contribution in [0.15, 0.2) is 45.9 Å². The minimum Gasteiger partial charge on any atom is -0.379 e. The summed E-state index contributed by atoms with van der Waals surface area (Å²) in [5.41, 5.74) is 1.44. The lowest BCUT2D eigenvalue weighted by atomic mass is 10.1. The number of amides is 1. The van der Waals surface area contributed by atoms with Crippen LogP contribution in [-0.4, -0.2) is 56.0 Å². The fraction of sp³-hybridized carbons (Fsp3) is 0.421. The molecule has 1 atom stereocenters. The summed E-state index contributed by atoms with van der Waals surface area (Å²) in [5, 5.41) is 2.91. The van der Waals surface area contributed by atoms with Gasteiger partial charge in [0.05, 0.1) is 13.2 Å². The Labute approximate surface area is 173 Å². The van der Waals surface area contributed by atoms with Crippen molar-refractivity contribution in [1.82, 2.24) is 14.6 Å². The minimum atomic E-state index is -3.61. The second-order valence-electron chi connectivity index (χ2n) is 6.81. The lowest BCUT2D eigenvalue weighted by molar-refractivity contribution is 0.0730. The summed E-state index contributed by atoms with van der Waals surface area (Å²) >= 11 is 3.41. The molecule has 1 unspecified atom stereocenters. The van der Waals surface area contributed by atoms with Gasteiger partial charge in [-0.1, -0.05) is 28.1 Å². The highest BCUT2D eigenvalue weighted by Crippen LogP contribution is 2.18. The summed E-state index contributed by atoms with van der Waals surface area (Å²) in [7, 11) is -3.61. The number of nitrogens with zero attached hydrogens (tertiary/aromatic N) is 1. The van der Waals surface area contributed by atoms with Crippen molar-refractivity contribution in [3.63, 3.8) is 0 Å². The summed E-state index contributed by atoms with van der Waals surface area (Å²) in [5.74, 6) is -0.313. The maximum Gasteiger partial charge on any atom is 0.267 e. The van der Waals surface area contributed by atoms with Crippen LogP contribution in [0.4, 0.5) is 0 Å². The molecule has 0 radical (unpaired) electrons. The molecule has 2 aromatic rings. The van der Waals surface area contributed by atoms with Gasteiger partial charge in [0.15, 0.2) is 0 Å². The van der Waals surface area contributed by atoms with Gasteiger partial charge >= 0.3 is 0 Å². The molecule has 1 aliphatic rings. The maximum atomic E-state index is 12.6. The third-order valence-electron chi connectivity index (χ3n) is 4.67. The lowest BCUT2D eigenvalue weighted by Gasteiger charge is -2.25. The Morgan fingerprint density at radius 3 is 2.64 bits per heavy atom. The summed E-state index contributed by atoms with van der Waals surface area (Å²) in [6.45, 7) is 3.34. The van der Waals surface area contributed by atoms with Gasteiger partial charge in [0.1, 0.15) is 10.6 Å². The van der Waals surface area contributed by atoms with Crippen LogP contribution >= 0.6 is 15.9 Å². The van der Waals surface area contributed by atoms with E-state index in [0.29, 0.717) is 26.3 Å². The first-order valence-corrected chi connectivity index (χ1v) is 11.4. The SMILES string of the molecule is CC(CCc1ccc(Br)cc1)NC(=O)c1cc(S(=O)(=O)N2CCOCC2)c[nH]1. The van der Waals surface area contributed by atoms with E-state index < -0.39 is 10.0 Å². The molecule has 152 valence electrons. The molecule has 3 rings (SSSR count). The van der Waals surface area contributed by atoms with Gasteiger partial charge in [-0.25, -0.2) is 8.42 Å². The molecule has 2 N–H and O–H groups in total. The molecule has 0 bridgehead atoms. The van der Waals surface area contributed by atoms with Crippen molar-refractivity contribution in [2.24, 2.45) is 0 Å². The molecule has 1 aromatic heterocycles. The average molecular weight is 470 g/mol. The zero-order valence-corrected chi connectivity index (χ0v) is 18.1. The van der Waals surface area contributed by atoms with E-state index in [0.717, 1.165) is 17.3 Å². The minimum absolute atomic E-state index is 0.0428. The Hall–Kier alpha value is -1.68. The molecule has 1 saturated heterocycles. The largest absolute Gasteiger partial charge is 0.379 e. The topological polar surface area (TPSA) is 91.5 Å². The zero-order valence-electron chi connectivity index (χ0n) is 15.7. The summed E-state index contributed by atoms with van der Waals surface area (Å²) in [6.07, 6.45) is 3.00. The number of rotatable bonds is 7. The first-order valence-electron chi connectivity index (χ1n) is 9.18. The predicted octanol–water partition coefficient (Wildman–Crippen LogP) is 2.55. The van der Waals surface area contributed by atoms with Gasteiger partial charge in [-0.3, -0.25) is 4.79 Å². The fourth-order valence-electron chi connectivity index (χ4n) is 3.00. The monoisotopic (exact) mass is 469 g/mol. The van der Waals surface area contributed by atoms with Crippen LogP contribution in [0.2, 0.25) is 0 Å². The van der Waals surface area contributed by atoms with Crippen LogP contribution in [0, 0.1) is 0 Å². The molecule has 0 spiro atoms. The molecule has 28 heavy (non-hydrogen) atoms. The van der Waals surface area contributed by atoms with E-state index in [1.165, 1.54) is 22.1 Å². The van der Waals surface area contributed by atoms with E-state index in [1.807, 2.05) is 31.2 Å². The third-order valence-corrected chi connectivity index (χ3v) is 7.07. The molecule has 1 amide bonds. The number of ether oxygens (including phenoxy) is 1. The van der Waals surface area contributed by atoms with Crippen LogP contribution in [0.5, 0.6) is 0 Å². The first-order chi connectivity index (χ1) is 13.4. The average Bonchev–Trinajstić information content (AvgIpc) is 3.19. The van der Waals surface area contributed by atoms with Crippen molar-refractivity contribution >= 4 is 31.9 Å². The highest BCUT2D eigenvalue weighted by molar-refractivity contribution is 9.10. The number of hydrogen-bond acceptors (Lipinski definition) is 4. The number of carbonyl (C=O) groups is 1. The van der Waals surface area contributed by atoms with Crippen LogP contribution in [0.25, 0.3) is 0 Å². The van der Waals surface area contributed by atoms with Gasteiger partial charge in [-0.2, -0.15) is 4.31 Å². The number of aryl methyl sites for hydroxylation is 1. The number of aromatic nitrogens is 1. The van der Waals surface area contributed by atoms with Gasteiger partial charge in [0.25, 0.3) is 5.91 Å². The number of benzene rings is 1. The van der Waals surface area contributed by atoms with E-state index in [2.05, 4.69) is 26.2 Å². The molecule has 0 saturated carbocycles. The molecular formula is C19H24BrN3O4S. The second kappa shape index (κ2) is 9.21. The number of nitrogens with one attached hydrogen (secondary N) is 2. The van der Waals surface area contributed by atoms with Gasteiger partial charge in [0, 0.05) is 29.8 Å². The highest BCUT2D eigenvalue weighted by Gasteiger charge is 2.28. The van der Waals surface area contributed by atoms with E-state index >= 15 is 0 Å². The molecule has 0 aliphatic carbocycles. The van der Waals surface area contributed by atoms with E-state index in [4.69, 9.17) is 4.74 Å². The normalized spacial score (nSPS) is 16.6. The van der Waals surface area contributed by atoms with Crippen LogP contribution < -0.4 is 5.32 Å². The Balaban J connectivity index is 1.56. The molecule has 9 heteroatoms. The van der Waals surface area contributed by atoms with Crippen molar-refractivity contribution in [3.05, 3.63) is 52.3 Å².